The van der Waals surface area contributed by atoms with Crippen molar-refractivity contribution in [2.45, 2.75) is 45.7 Å². The van der Waals surface area contributed by atoms with E-state index < -0.39 is 9.84 Å². The topological polar surface area (TPSA) is 75.3 Å². The van der Waals surface area contributed by atoms with Crippen molar-refractivity contribution in [2.24, 2.45) is 5.92 Å². The molecule has 1 atom stereocenters. The molecule has 0 aromatic rings. The Morgan fingerprint density at radius 1 is 1.28 bits per heavy atom. The quantitative estimate of drug-likeness (QED) is 0.669. The molecule has 0 spiro atoms. The lowest BCUT2D eigenvalue weighted by Gasteiger charge is -2.17. The number of hydrogen-bond donors (Lipinski definition) is 2. The van der Waals surface area contributed by atoms with Gasteiger partial charge in [-0.05, 0) is 25.7 Å². The van der Waals surface area contributed by atoms with Crippen molar-refractivity contribution in [3.63, 3.8) is 0 Å². The van der Waals surface area contributed by atoms with Crippen LogP contribution in [0.3, 0.4) is 0 Å². The van der Waals surface area contributed by atoms with Gasteiger partial charge in [0.15, 0.2) is 9.84 Å². The fourth-order valence-corrected chi connectivity index (χ4v) is 2.50. The van der Waals surface area contributed by atoms with Crippen LogP contribution in [-0.2, 0) is 14.6 Å². The molecule has 0 aromatic heterocycles. The minimum atomic E-state index is -3.29. The van der Waals surface area contributed by atoms with Crippen LogP contribution in [0.1, 0.15) is 33.6 Å². The second kappa shape index (κ2) is 6.52. The molecule has 0 saturated heterocycles. The Hall–Kier alpha value is -0.620. The van der Waals surface area contributed by atoms with Crippen molar-refractivity contribution in [3.05, 3.63) is 0 Å². The first-order chi connectivity index (χ1) is 8.30. The van der Waals surface area contributed by atoms with Crippen LogP contribution >= 0.6 is 0 Å². The highest BCUT2D eigenvalue weighted by Crippen LogP contribution is 2.18. The molecule has 0 bridgehead atoms. The van der Waals surface area contributed by atoms with Gasteiger partial charge in [-0.2, -0.15) is 0 Å². The van der Waals surface area contributed by atoms with Crippen LogP contribution in [0.25, 0.3) is 0 Å². The number of carbonyl (C=O) groups is 1. The molecule has 1 aliphatic carbocycles. The first kappa shape index (κ1) is 15.4. The number of sulfone groups is 1. The lowest BCUT2D eigenvalue weighted by Crippen LogP contribution is -2.37. The summed E-state index contributed by atoms with van der Waals surface area (Å²) in [5.41, 5.74) is 0. The Morgan fingerprint density at radius 2 is 1.89 bits per heavy atom. The van der Waals surface area contributed by atoms with Crippen LogP contribution in [0.4, 0.5) is 0 Å². The highest BCUT2D eigenvalue weighted by molar-refractivity contribution is 7.92. The van der Waals surface area contributed by atoms with Gasteiger partial charge in [-0.15, -0.1) is 0 Å². The molecule has 1 saturated carbocycles. The lowest BCUT2D eigenvalue weighted by atomic mass is 10.1. The molecule has 1 aliphatic rings. The zero-order valence-corrected chi connectivity index (χ0v) is 12.2. The molecule has 5 nitrogen and oxygen atoms in total. The second-order valence-electron chi connectivity index (χ2n) is 5.42. The Balaban J connectivity index is 2.23. The Kier molecular flexibility index (Phi) is 5.59. The van der Waals surface area contributed by atoms with E-state index in [0.29, 0.717) is 12.5 Å². The summed E-state index contributed by atoms with van der Waals surface area (Å²) in [6, 6.07) is 0.493. The summed E-state index contributed by atoms with van der Waals surface area (Å²) in [6.45, 7) is 6.58. The van der Waals surface area contributed by atoms with Crippen LogP contribution in [0.5, 0.6) is 0 Å². The zero-order chi connectivity index (χ0) is 13.8. The molecule has 1 fully saturated rings. The summed E-state index contributed by atoms with van der Waals surface area (Å²) in [5, 5.41) is 5.84. The highest BCUT2D eigenvalue weighted by Gasteiger charge is 2.25. The predicted molar refractivity (Wildman–Crippen MR) is 72.1 cm³/mol. The monoisotopic (exact) mass is 276 g/mol. The molecule has 106 valence electrons. The molecule has 1 unspecified atom stereocenters. The third kappa shape index (κ3) is 6.35. The van der Waals surface area contributed by atoms with Crippen molar-refractivity contribution in [1.29, 1.82) is 0 Å². The summed E-state index contributed by atoms with van der Waals surface area (Å²) < 4.78 is 23.4. The summed E-state index contributed by atoms with van der Waals surface area (Å²) in [4.78, 5) is 11.4. The van der Waals surface area contributed by atoms with Crippen LogP contribution in [0.2, 0.25) is 0 Å². The first-order valence-electron chi connectivity index (χ1n) is 6.53. The maximum Gasteiger partial charge on any atom is 0.235 e. The maximum absolute atomic E-state index is 11.7. The SMILES string of the molecule is CC(C)C(C)NCCS(=O)(=O)CC(=O)NC1CC1. The van der Waals surface area contributed by atoms with Gasteiger partial charge in [-0.3, -0.25) is 4.79 Å². The fraction of sp³-hybridized carbons (Fsp3) is 0.917. The summed E-state index contributed by atoms with van der Waals surface area (Å²) in [5.74, 6) is -0.274. The maximum atomic E-state index is 11.7. The molecule has 0 aromatic carbocycles. The Morgan fingerprint density at radius 3 is 2.39 bits per heavy atom. The average molecular weight is 276 g/mol. The van der Waals surface area contributed by atoms with Gasteiger partial charge in [0.1, 0.15) is 5.75 Å². The number of nitrogens with one attached hydrogen (secondary N) is 2. The van der Waals surface area contributed by atoms with E-state index in [1.54, 1.807) is 0 Å². The smallest absolute Gasteiger partial charge is 0.235 e. The van der Waals surface area contributed by atoms with Gasteiger partial charge in [-0.1, -0.05) is 13.8 Å². The minimum Gasteiger partial charge on any atom is -0.352 e. The van der Waals surface area contributed by atoms with E-state index in [-0.39, 0.29) is 29.5 Å². The second-order valence-corrected chi connectivity index (χ2v) is 7.60. The molecule has 2 N–H and O–H groups in total. The van der Waals surface area contributed by atoms with E-state index in [9.17, 15) is 13.2 Å². The van der Waals surface area contributed by atoms with Crippen molar-refractivity contribution in [3.8, 4) is 0 Å². The van der Waals surface area contributed by atoms with E-state index in [0.717, 1.165) is 12.8 Å². The normalized spacial score (nSPS) is 17.8. The van der Waals surface area contributed by atoms with Crippen LogP contribution in [0, 0.1) is 5.92 Å². The number of rotatable bonds is 8. The predicted octanol–water partition coefficient (Wildman–Crippen LogP) is 0.314. The summed E-state index contributed by atoms with van der Waals surface area (Å²) >= 11 is 0. The van der Waals surface area contributed by atoms with Gasteiger partial charge in [0, 0.05) is 18.6 Å². The first-order valence-corrected chi connectivity index (χ1v) is 8.35. The van der Waals surface area contributed by atoms with E-state index in [1.807, 2.05) is 6.92 Å². The molecule has 1 rings (SSSR count). The average Bonchev–Trinajstić information content (AvgIpc) is 2.99. The molecule has 1 amide bonds. The number of hydrogen-bond acceptors (Lipinski definition) is 4. The third-order valence-corrected chi connectivity index (χ3v) is 4.70. The van der Waals surface area contributed by atoms with Gasteiger partial charge in [0.25, 0.3) is 0 Å². The van der Waals surface area contributed by atoms with Gasteiger partial charge in [0.05, 0.1) is 5.75 Å². The molecule has 6 heteroatoms. The van der Waals surface area contributed by atoms with Gasteiger partial charge in [0.2, 0.25) is 5.91 Å². The van der Waals surface area contributed by atoms with E-state index in [4.69, 9.17) is 0 Å². The van der Waals surface area contributed by atoms with Crippen LogP contribution < -0.4 is 10.6 Å². The Bertz CT molecular complexity index is 375. The Labute approximate surface area is 110 Å². The molecule has 0 heterocycles. The van der Waals surface area contributed by atoms with Crippen molar-refractivity contribution >= 4 is 15.7 Å². The summed E-state index contributed by atoms with van der Waals surface area (Å²) in [6.07, 6.45) is 1.94. The van der Waals surface area contributed by atoms with E-state index in [1.165, 1.54) is 0 Å². The molecule has 0 aliphatic heterocycles. The molecule has 18 heavy (non-hydrogen) atoms. The van der Waals surface area contributed by atoms with Crippen molar-refractivity contribution < 1.29 is 13.2 Å². The highest BCUT2D eigenvalue weighted by atomic mass is 32.2. The van der Waals surface area contributed by atoms with Crippen molar-refractivity contribution in [1.82, 2.24) is 10.6 Å². The molecular formula is C12H24N2O3S. The van der Waals surface area contributed by atoms with Gasteiger partial charge >= 0.3 is 0 Å². The van der Waals surface area contributed by atoms with Crippen molar-refractivity contribution in [2.75, 3.05) is 18.1 Å². The van der Waals surface area contributed by atoms with Gasteiger partial charge in [-0.25, -0.2) is 8.42 Å². The van der Waals surface area contributed by atoms with E-state index in [2.05, 4.69) is 24.5 Å². The molecular weight excluding hydrogens is 252 g/mol. The minimum absolute atomic E-state index is 0.0160. The number of carbonyl (C=O) groups excluding carboxylic acids is 1. The van der Waals surface area contributed by atoms with Gasteiger partial charge < -0.3 is 10.6 Å². The zero-order valence-electron chi connectivity index (χ0n) is 11.4. The summed E-state index contributed by atoms with van der Waals surface area (Å²) in [7, 11) is -3.29. The largest absolute Gasteiger partial charge is 0.352 e. The number of amides is 1. The van der Waals surface area contributed by atoms with Crippen LogP contribution in [0.15, 0.2) is 0 Å². The fourth-order valence-electron chi connectivity index (χ4n) is 1.45. The van der Waals surface area contributed by atoms with Crippen LogP contribution in [-0.4, -0.2) is 44.5 Å². The standard InChI is InChI=1S/C12H24N2O3S/c1-9(2)10(3)13-6-7-18(16,17)8-12(15)14-11-4-5-11/h9-11,13H,4-8H2,1-3H3,(H,14,15). The van der Waals surface area contributed by atoms with E-state index >= 15 is 0 Å². The molecule has 0 radical (unpaired) electrons. The third-order valence-electron chi connectivity index (χ3n) is 3.17. The lowest BCUT2D eigenvalue weighted by molar-refractivity contribution is -0.118.